The fourth-order valence-electron chi connectivity index (χ4n) is 2.25. The van der Waals surface area contributed by atoms with Crippen LogP contribution in [0.4, 0.5) is 0 Å². The first-order valence-corrected chi connectivity index (χ1v) is 6.50. The Labute approximate surface area is 108 Å². The number of aromatic nitrogens is 1. The van der Waals surface area contributed by atoms with Gasteiger partial charge in [0.25, 0.3) is 0 Å². The van der Waals surface area contributed by atoms with E-state index in [1.807, 2.05) is 0 Å². The molecule has 0 atom stereocenters. The molecule has 2 rings (SSSR count). The van der Waals surface area contributed by atoms with Crippen molar-refractivity contribution in [3.63, 3.8) is 0 Å². The molecule has 0 spiro atoms. The molecular formula is C15H19N3. The molecule has 0 saturated heterocycles. The minimum absolute atomic E-state index is 0.653. The average Bonchev–Trinajstić information content (AvgIpc) is 2.78. The van der Waals surface area contributed by atoms with Gasteiger partial charge in [0.15, 0.2) is 0 Å². The summed E-state index contributed by atoms with van der Waals surface area (Å²) in [4.78, 5) is 0. The summed E-state index contributed by atoms with van der Waals surface area (Å²) >= 11 is 0. The fourth-order valence-corrected chi connectivity index (χ4v) is 2.25. The van der Waals surface area contributed by atoms with E-state index in [-0.39, 0.29) is 0 Å². The zero-order valence-corrected chi connectivity index (χ0v) is 10.6. The van der Waals surface area contributed by atoms with Crippen molar-refractivity contribution in [3.8, 4) is 6.07 Å². The first-order chi connectivity index (χ1) is 8.85. The van der Waals surface area contributed by atoms with Crippen molar-refractivity contribution in [2.75, 3.05) is 6.54 Å². The van der Waals surface area contributed by atoms with Crippen molar-refractivity contribution in [2.24, 2.45) is 5.73 Å². The van der Waals surface area contributed by atoms with Gasteiger partial charge in [-0.1, -0.05) is 6.07 Å². The van der Waals surface area contributed by atoms with E-state index in [0.29, 0.717) is 13.0 Å². The number of hydrogen-bond acceptors (Lipinski definition) is 2. The van der Waals surface area contributed by atoms with Crippen molar-refractivity contribution in [1.29, 1.82) is 5.26 Å². The predicted octanol–water partition coefficient (Wildman–Crippen LogP) is 2.84. The van der Waals surface area contributed by atoms with Gasteiger partial charge in [0.1, 0.15) is 0 Å². The molecule has 94 valence electrons. The number of fused-ring (bicyclic) bond motifs is 1. The highest BCUT2D eigenvalue weighted by atomic mass is 14.9. The van der Waals surface area contributed by atoms with E-state index in [9.17, 15) is 0 Å². The molecule has 0 radical (unpaired) electrons. The standard InChI is InChI=1S/C15H19N3/c16-8-2-1-3-10-18-11-7-14-12-13(6-9-17)4-5-15(14)18/h4-5,7,11-12H,1-3,6,9-10,17H2. The van der Waals surface area contributed by atoms with E-state index < -0.39 is 0 Å². The van der Waals surface area contributed by atoms with Crippen LogP contribution in [0.2, 0.25) is 0 Å². The van der Waals surface area contributed by atoms with Gasteiger partial charge >= 0.3 is 0 Å². The summed E-state index contributed by atoms with van der Waals surface area (Å²) in [6.45, 7) is 1.68. The Bertz CT molecular complexity index is 548. The summed E-state index contributed by atoms with van der Waals surface area (Å²) in [5.41, 5.74) is 8.14. The van der Waals surface area contributed by atoms with Crippen molar-refractivity contribution >= 4 is 10.9 Å². The second kappa shape index (κ2) is 6.23. The topological polar surface area (TPSA) is 54.7 Å². The van der Waals surface area contributed by atoms with E-state index in [1.54, 1.807) is 0 Å². The van der Waals surface area contributed by atoms with Gasteiger partial charge in [-0.05, 0) is 55.0 Å². The maximum atomic E-state index is 8.51. The molecule has 0 saturated carbocycles. The van der Waals surface area contributed by atoms with E-state index in [0.717, 1.165) is 25.8 Å². The quantitative estimate of drug-likeness (QED) is 0.791. The number of aryl methyl sites for hydroxylation is 1. The number of unbranched alkanes of at least 4 members (excludes halogenated alkanes) is 2. The van der Waals surface area contributed by atoms with Gasteiger partial charge in [-0.2, -0.15) is 5.26 Å². The molecule has 0 amide bonds. The summed E-state index contributed by atoms with van der Waals surface area (Å²) in [5, 5.41) is 9.79. The van der Waals surface area contributed by atoms with Gasteiger partial charge in [-0.25, -0.2) is 0 Å². The molecule has 1 aromatic heterocycles. The minimum atomic E-state index is 0.653. The highest BCUT2D eigenvalue weighted by Crippen LogP contribution is 2.18. The Morgan fingerprint density at radius 3 is 2.89 bits per heavy atom. The Hall–Kier alpha value is -1.79. The number of rotatable bonds is 6. The second-order valence-electron chi connectivity index (χ2n) is 4.56. The molecule has 0 aliphatic rings. The van der Waals surface area contributed by atoms with E-state index in [1.165, 1.54) is 16.5 Å². The van der Waals surface area contributed by atoms with E-state index in [4.69, 9.17) is 11.0 Å². The molecule has 3 heteroatoms. The smallest absolute Gasteiger partial charge is 0.0621 e. The highest BCUT2D eigenvalue weighted by molar-refractivity contribution is 5.80. The monoisotopic (exact) mass is 241 g/mol. The summed E-state index contributed by atoms with van der Waals surface area (Å²) in [6.07, 6.45) is 5.75. The molecule has 0 bridgehead atoms. The molecule has 0 aliphatic carbocycles. The van der Waals surface area contributed by atoms with Crippen LogP contribution in [0.3, 0.4) is 0 Å². The highest BCUT2D eigenvalue weighted by Gasteiger charge is 2.02. The number of nitrogens with two attached hydrogens (primary N) is 1. The van der Waals surface area contributed by atoms with E-state index in [2.05, 4.69) is 41.1 Å². The van der Waals surface area contributed by atoms with Crippen molar-refractivity contribution in [2.45, 2.75) is 32.2 Å². The Morgan fingerprint density at radius 2 is 2.11 bits per heavy atom. The molecule has 1 heterocycles. The lowest BCUT2D eigenvalue weighted by atomic mass is 10.1. The summed E-state index contributed by atoms with van der Waals surface area (Å²) in [5.74, 6) is 0. The normalized spacial score (nSPS) is 10.7. The number of benzene rings is 1. The SMILES string of the molecule is N#CCCCCn1ccc2cc(CCN)ccc21. The van der Waals surface area contributed by atoms with Crippen LogP contribution >= 0.6 is 0 Å². The Morgan fingerprint density at radius 1 is 1.22 bits per heavy atom. The zero-order valence-electron chi connectivity index (χ0n) is 10.6. The van der Waals surface area contributed by atoms with Crippen molar-refractivity contribution < 1.29 is 0 Å². The van der Waals surface area contributed by atoms with Gasteiger partial charge in [-0.15, -0.1) is 0 Å². The third-order valence-electron chi connectivity index (χ3n) is 3.21. The summed E-state index contributed by atoms with van der Waals surface area (Å²) < 4.78 is 2.26. The second-order valence-corrected chi connectivity index (χ2v) is 4.56. The number of hydrogen-bond donors (Lipinski definition) is 1. The zero-order chi connectivity index (χ0) is 12.8. The van der Waals surface area contributed by atoms with Crippen molar-refractivity contribution in [3.05, 3.63) is 36.0 Å². The average molecular weight is 241 g/mol. The predicted molar refractivity (Wildman–Crippen MR) is 74.2 cm³/mol. The lowest BCUT2D eigenvalue weighted by Crippen LogP contribution is -2.02. The minimum Gasteiger partial charge on any atom is -0.347 e. The first kappa shape index (κ1) is 12.7. The van der Waals surface area contributed by atoms with Crippen LogP contribution in [0.5, 0.6) is 0 Å². The van der Waals surface area contributed by atoms with Gasteiger partial charge < -0.3 is 10.3 Å². The molecule has 0 fully saturated rings. The molecule has 3 nitrogen and oxygen atoms in total. The lowest BCUT2D eigenvalue weighted by molar-refractivity contribution is 0.632. The third kappa shape index (κ3) is 2.91. The molecule has 1 aromatic carbocycles. The summed E-state index contributed by atoms with van der Waals surface area (Å²) in [6, 6.07) is 10.9. The van der Waals surface area contributed by atoms with Gasteiger partial charge in [0.05, 0.1) is 6.07 Å². The molecule has 2 N–H and O–H groups in total. The third-order valence-corrected chi connectivity index (χ3v) is 3.21. The molecule has 0 unspecified atom stereocenters. The fraction of sp³-hybridized carbons (Fsp3) is 0.400. The number of nitrogens with zero attached hydrogens (tertiary/aromatic N) is 2. The molecule has 18 heavy (non-hydrogen) atoms. The van der Waals surface area contributed by atoms with Gasteiger partial charge in [-0.3, -0.25) is 0 Å². The van der Waals surface area contributed by atoms with E-state index >= 15 is 0 Å². The number of nitriles is 1. The van der Waals surface area contributed by atoms with Gasteiger partial charge in [0.2, 0.25) is 0 Å². The molecule has 0 aliphatic heterocycles. The maximum absolute atomic E-state index is 8.51. The van der Waals surface area contributed by atoms with Crippen LogP contribution in [0.1, 0.15) is 24.8 Å². The van der Waals surface area contributed by atoms with Crippen LogP contribution in [0, 0.1) is 11.3 Å². The van der Waals surface area contributed by atoms with Crippen LogP contribution in [-0.2, 0) is 13.0 Å². The lowest BCUT2D eigenvalue weighted by Gasteiger charge is -2.05. The van der Waals surface area contributed by atoms with Crippen LogP contribution in [0.25, 0.3) is 10.9 Å². The van der Waals surface area contributed by atoms with Crippen LogP contribution < -0.4 is 5.73 Å². The van der Waals surface area contributed by atoms with Crippen LogP contribution in [-0.4, -0.2) is 11.1 Å². The Balaban J connectivity index is 2.08. The van der Waals surface area contributed by atoms with Gasteiger partial charge in [0, 0.05) is 24.7 Å². The first-order valence-electron chi connectivity index (χ1n) is 6.50. The maximum Gasteiger partial charge on any atom is 0.0621 e. The summed E-state index contributed by atoms with van der Waals surface area (Å²) in [7, 11) is 0. The largest absolute Gasteiger partial charge is 0.347 e. The Kier molecular flexibility index (Phi) is 4.38. The molecular weight excluding hydrogens is 222 g/mol. The van der Waals surface area contributed by atoms with Crippen LogP contribution in [0.15, 0.2) is 30.5 Å². The van der Waals surface area contributed by atoms with Crippen molar-refractivity contribution in [1.82, 2.24) is 4.57 Å². The molecule has 2 aromatic rings.